The van der Waals surface area contributed by atoms with E-state index in [1.807, 2.05) is 35.7 Å². The van der Waals surface area contributed by atoms with Crippen LogP contribution in [-0.4, -0.2) is 40.1 Å². The van der Waals surface area contributed by atoms with E-state index >= 15 is 0 Å². The molecule has 6 nitrogen and oxygen atoms in total. The largest absolute Gasteiger partial charge is 0.352 e. The first-order chi connectivity index (χ1) is 13.1. The van der Waals surface area contributed by atoms with Gasteiger partial charge in [0.1, 0.15) is 0 Å². The number of benzene rings is 1. The predicted molar refractivity (Wildman–Crippen MR) is 107 cm³/mol. The van der Waals surface area contributed by atoms with Gasteiger partial charge in [0.05, 0.1) is 5.52 Å². The number of hydrogen-bond acceptors (Lipinski definition) is 4. The van der Waals surface area contributed by atoms with Crippen molar-refractivity contribution in [1.29, 1.82) is 0 Å². The number of nitrogens with one attached hydrogen (secondary N) is 2. The Kier molecular flexibility index (Phi) is 4.90. The number of aromatic nitrogens is 3. The second-order valence-electron chi connectivity index (χ2n) is 7.11. The van der Waals surface area contributed by atoms with E-state index in [0.29, 0.717) is 19.4 Å². The molecule has 1 aromatic carbocycles. The van der Waals surface area contributed by atoms with Gasteiger partial charge in [-0.1, -0.05) is 23.8 Å². The highest BCUT2D eigenvalue weighted by atomic mass is 16.1. The first kappa shape index (κ1) is 17.7. The second-order valence-corrected chi connectivity index (χ2v) is 7.11. The van der Waals surface area contributed by atoms with Crippen LogP contribution in [-0.2, 0) is 11.2 Å². The third kappa shape index (κ3) is 3.57. The summed E-state index contributed by atoms with van der Waals surface area (Å²) in [6, 6.07) is 8.04. The van der Waals surface area contributed by atoms with Gasteiger partial charge in [-0.05, 0) is 50.9 Å². The Balaban J connectivity index is 1.49. The zero-order valence-corrected chi connectivity index (χ0v) is 15.9. The molecule has 1 amide bonds. The van der Waals surface area contributed by atoms with Gasteiger partial charge in [-0.3, -0.25) is 4.79 Å². The molecule has 0 spiro atoms. The molecule has 0 saturated heterocycles. The van der Waals surface area contributed by atoms with E-state index in [0.717, 1.165) is 53.0 Å². The van der Waals surface area contributed by atoms with Gasteiger partial charge in [0.2, 0.25) is 5.91 Å². The second kappa shape index (κ2) is 7.48. The van der Waals surface area contributed by atoms with Gasteiger partial charge in [-0.25, -0.2) is 9.50 Å². The summed E-state index contributed by atoms with van der Waals surface area (Å²) in [6.45, 7) is 6.61. The highest BCUT2D eigenvalue weighted by Crippen LogP contribution is 2.22. The molecule has 6 heteroatoms. The summed E-state index contributed by atoms with van der Waals surface area (Å²) >= 11 is 0. The number of rotatable bonds is 5. The van der Waals surface area contributed by atoms with Crippen molar-refractivity contribution in [3.63, 3.8) is 0 Å². The van der Waals surface area contributed by atoms with E-state index in [1.165, 1.54) is 5.57 Å². The van der Waals surface area contributed by atoms with Crippen molar-refractivity contribution in [2.75, 3.05) is 19.6 Å². The molecule has 2 N–H and O–H groups in total. The molecular formula is C21H25N5O. The van der Waals surface area contributed by atoms with Crippen LogP contribution in [0.2, 0.25) is 0 Å². The summed E-state index contributed by atoms with van der Waals surface area (Å²) in [5.41, 5.74) is 6.26. The number of carbonyl (C=O) groups excluding carboxylic acids is 1. The van der Waals surface area contributed by atoms with E-state index in [1.54, 1.807) is 0 Å². The Morgan fingerprint density at radius 3 is 2.96 bits per heavy atom. The smallest absolute Gasteiger partial charge is 0.220 e. The number of aryl methyl sites for hydroxylation is 2. The maximum atomic E-state index is 12.3. The molecule has 3 heterocycles. The third-order valence-electron chi connectivity index (χ3n) is 5.29. The van der Waals surface area contributed by atoms with Gasteiger partial charge in [0, 0.05) is 36.3 Å². The van der Waals surface area contributed by atoms with Crippen LogP contribution >= 0.6 is 0 Å². The number of nitrogens with zero attached hydrogens (tertiary/aromatic N) is 3. The fraction of sp³-hybridized carbons (Fsp3) is 0.381. The van der Waals surface area contributed by atoms with E-state index in [4.69, 9.17) is 4.98 Å². The van der Waals surface area contributed by atoms with Gasteiger partial charge in [0.15, 0.2) is 5.65 Å². The lowest BCUT2D eigenvalue weighted by atomic mass is 10.1. The molecule has 2 aromatic heterocycles. The van der Waals surface area contributed by atoms with Crippen molar-refractivity contribution in [2.24, 2.45) is 0 Å². The van der Waals surface area contributed by atoms with E-state index in [2.05, 4.69) is 28.7 Å². The Hall–Kier alpha value is -2.73. The molecule has 0 bridgehead atoms. The van der Waals surface area contributed by atoms with Crippen LogP contribution in [0, 0.1) is 13.8 Å². The number of carbonyl (C=O) groups is 1. The minimum atomic E-state index is 0.0824. The number of hydrogen-bond donors (Lipinski definition) is 2. The highest BCUT2D eigenvalue weighted by Gasteiger charge is 2.15. The average molecular weight is 363 g/mol. The molecule has 0 unspecified atom stereocenters. The van der Waals surface area contributed by atoms with Crippen LogP contribution in [0.15, 0.2) is 35.9 Å². The lowest BCUT2D eigenvalue weighted by Crippen LogP contribution is -2.29. The lowest BCUT2D eigenvalue weighted by Gasteiger charge is -2.15. The maximum Gasteiger partial charge on any atom is 0.220 e. The van der Waals surface area contributed by atoms with Crippen molar-refractivity contribution in [3.05, 3.63) is 52.9 Å². The first-order valence-electron chi connectivity index (χ1n) is 9.52. The highest BCUT2D eigenvalue weighted by molar-refractivity contribution is 5.92. The van der Waals surface area contributed by atoms with Crippen LogP contribution in [0.1, 0.15) is 29.8 Å². The summed E-state index contributed by atoms with van der Waals surface area (Å²) in [5, 5.41) is 12.1. The number of amides is 1. The minimum absolute atomic E-state index is 0.0824. The molecule has 1 aliphatic heterocycles. The fourth-order valence-corrected chi connectivity index (χ4v) is 3.71. The summed E-state index contributed by atoms with van der Waals surface area (Å²) in [6.07, 6.45) is 4.30. The molecule has 3 aromatic rings. The third-order valence-corrected chi connectivity index (χ3v) is 5.29. The Labute approximate surface area is 158 Å². The van der Waals surface area contributed by atoms with Crippen molar-refractivity contribution >= 4 is 22.5 Å². The standard InChI is InChI=1S/C21H25N5O/c1-14-17(7-8-20(27)23-13-16-9-11-22-12-10-16)15(2)26-21(24-14)18-5-3-4-6-19(18)25-26/h3-6,9,22H,7-8,10-13H2,1-2H3,(H,23,27). The van der Waals surface area contributed by atoms with Crippen LogP contribution < -0.4 is 10.6 Å². The lowest BCUT2D eigenvalue weighted by molar-refractivity contribution is -0.120. The Morgan fingerprint density at radius 2 is 2.15 bits per heavy atom. The Morgan fingerprint density at radius 1 is 1.30 bits per heavy atom. The molecular weight excluding hydrogens is 338 g/mol. The van der Waals surface area contributed by atoms with Crippen molar-refractivity contribution in [3.8, 4) is 0 Å². The van der Waals surface area contributed by atoms with Crippen LogP contribution in [0.25, 0.3) is 16.6 Å². The fourth-order valence-electron chi connectivity index (χ4n) is 3.71. The average Bonchev–Trinajstić information content (AvgIpc) is 3.06. The SMILES string of the molecule is Cc1nc2c3ccccc3nn2c(C)c1CCC(=O)NCC1=CCNCC1. The maximum absolute atomic E-state index is 12.3. The molecule has 0 fully saturated rings. The van der Waals surface area contributed by atoms with Gasteiger partial charge in [-0.15, -0.1) is 0 Å². The van der Waals surface area contributed by atoms with Gasteiger partial charge in [0.25, 0.3) is 0 Å². The summed E-state index contributed by atoms with van der Waals surface area (Å²) in [4.78, 5) is 17.1. The predicted octanol–water partition coefficient (Wildman–Crippen LogP) is 2.47. The quantitative estimate of drug-likeness (QED) is 0.683. The van der Waals surface area contributed by atoms with Crippen molar-refractivity contribution < 1.29 is 4.79 Å². The van der Waals surface area contributed by atoms with E-state index in [-0.39, 0.29) is 5.91 Å². The minimum Gasteiger partial charge on any atom is -0.352 e. The molecule has 0 saturated carbocycles. The molecule has 140 valence electrons. The summed E-state index contributed by atoms with van der Waals surface area (Å²) < 4.78 is 1.91. The van der Waals surface area contributed by atoms with Crippen molar-refractivity contribution in [2.45, 2.75) is 33.1 Å². The topological polar surface area (TPSA) is 71.3 Å². The zero-order chi connectivity index (χ0) is 18.8. The number of fused-ring (bicyclic) bond motifs is 3. The molecule has 0 radical (unpaired) electrons. The zero-order valence-electron chi connectivity index (χ0n) is 15.9. The molecule has 0 aliphatic carbocycles. The Bertz CT molecular complexity index is 1030. The molecule has 0 atom stereocenters. The van der Waals surface area contributed by atoms with Gasteiger partial charge in [-0.2, -0.15) is 5.10 Å². The van der Waals surface area contributed by atoms with Crippen LogP contribution in [0.3, 0.4) is 0 Å². The van der Waals surface area contributed by atoms with Crippen LogP contribution in [0.4, 0.5) is 0 Å². The molecule has 27 heavy (non-hydrogen) atoms. The molecule has 4 rings (SSSR count). The van der Waals surface area contributed by atoms with Crippen molar-refractivity contribution in [1.82, 2.24) is 25.2 Å². The van der Waals surface area contributed by atoms with Gasteiger partial charge >= 0.3 is 0 Å². The van der Waals surface area contributed by atoms with Crippen LogP contribution in [0.5, 0.6) is 0 Å². The monoisotopic (exact) mass is 363 g/mol. The van der Waals surface area contributed by atoms with E-state index in [9.17, 15) is 4.79 Å². The molecule has 1 aliphatic rings. The first-order valence-corrected chi connectivity index (χ1v) is 9.52. The normalized spacial score (nSPS) is 14.5. The van der Waals surface area contributed by atoms with E-state index < -0.39 is 0 Å². The van der Waals surface area contributed by atoms with Gasteiger partial charge < -0.3 is 10.6 Å². The summed E-state index contributed by atoms with van der Waals surface area (Å²) in [5.74, 6) is 0.0824. The summed E-state index contributed by atoms with van der Waals surface area (Å²) in [7, 11) is 0.